The third kappa shape index (κ3) is 5.94. The van der Waals surface area contributed by atoms with Gasteiger partial charge in [-0.2, -0.15) is 13.2 Å². The van der Waals surface area contributed by atoms with Crippen LogP contribution in [0.5, 0.6) is 0 Å². The van der Waals surface area contributed by atoms with Gasteiger partial charge in [-0.1, -0.05) is 30.4 Å². The van der Waals surface area contributed by atoms with Crippen molar-refractivity contribution in [1.29, 1.82) is 5.41 Å². The number of benzene rings is 1. The van der Waals surface area contributed by atoms with Gasteiger partial charge >= 0.3 is 6.18 Å². The van der Waals surface area contributed by atoms with Gasteiger partial charge in [0.25, 0.3) is 0 Å². The second-order valence-electron chi connectivity index (χ2n) is 7.53. The summed E-state index contributed by atoms with van der Waals surface area (Å²) in [5, 5.41) is 11.0. The molecule has 35 heavy (non-hydrogen) atoms. The maximum absolute atomic E-state index is 13.4. The van der Waals surface area contributed by atoms with Crippen LogP contribution in [0.1, 0.15) is 27.9 Å². The molecule has 1 aromatic carbocycles. The van der Waals surface area contributed by atoms with Crippen LogP contribution in [0, 0.1) is 11.2 Å². The first-order valence-corrected chi connectivity index (χ1v) is 10.5. The highest BCUT2D eigenvalue weighted by Gasteiger charge is 2.32. The van der Waals surface area contributed by atoms with Crippen molar-refractivity contribution in [3.63, 3.8) is 0 Å². The standard InChI is InChI=1S/C26H19F4N5/c27-21-3-1-2-17(12-21)4-6-19-8-11-33-25(22(19)14-31)35-16-18-5-7-23(34-15-18)20-9-10-32-24(13-20)26(28,29)30/h1-15,31H,16H2,(H,33,35)/b6-4+,31-14?. The van der Waals surface area contributed by atoms with Gasteiger partial charge in [0.15, 0.2) is 0 Å². The van der Waals surface area contributed by atoms with Crippen LogP contribution < -0.4 is 5.32 Å². The summed E-state index contributed by atoms with van der Waals surface area (Å²) in [5.41, 5.74) is 2.49. The van der Waals surface area contributed by atoms with Crippen molar-refractivity contribution in [1.82, 2.24) is 15.0 Å². The Kier molecular flexibility index (Phi) is 6.96. The largest absolute Gasteiger partial charge is 0.433 e. The summed E-state index contributed by atoms with van der Waals surface area (Å²) >= 11 is 0. The van der Waals surface area contributed by atoms with Gasteiger partial charge in [0, 0.05) is 42.5 Å². The summed E-state index contributed by atoms with van der Waals surface area (Å²) in [6, 6.07) is 13.7. The van der Waals surface area contributed by atoms with E-state index < -0.39 is 11.9 Å². The van der Waals surface area contributed by atoms with Gasteiger partial charge < -0.3 is 10.7 Å². The fraction of sp³-hybridized carbons (Fsp3) is 0.0769. The molecular weight excluding hydrogens is 458 g/mol. The number of nitrogens with zero attached hydrogens (tertiary/aromatic N) is 3. The molecule has 4 rings (SSSR count). The van der Waals surface area contributed by atoms with E-state index in [0.717, 1.165) is 23.4 Å². The minimum atomic E-state index is -4.53. The van der Waals surface area contributed by atoms with Crippen molar-refractivity contribution in [2.75, 3.05) is 5.32 Å². The van der Waals surface area contributed by atoms with Gasteiger partial charge in [-0.3, -0.25) is 9.97 Å². The lowest BCUT2D eigenvalue weighted by atomic mass is 10.1. The van der Waals surface area contributed by atoms with E-state index >= 15 is 0 Å². The van der Waals surface area contributed by atoms with E-state index in [4.69, 9.17) is 5.41 Å². The molecule has 0 saturated heterocycles. The van der Waals surface area contributed by atoms with Crippen molar-refractivity contribution in [2.45, 2.75) is 12.7 Å². The first-order chi connectivity index (χ1) is 16.8. The summed E-state index contributed by atoms with van der Waals surface area (Å²) in [4.78, 5) is 11.9. The summed E-state index contributed by atoms with van der Waals surface area (Å²) in [5.74, 6) is 0.148. The lowest BCUT2D eigenvalue weighted by molar-refractivity contribution is -0.141. The van der Waals surface area contributed by atoms with Crippen molar-refractivity contribution in [3.05, 3.63) is 107 Å². The van der Waals surface area contributed by atoms with E-state index in [-0.39, 0.29) is 5.82 Å². The molecule has 2 N–H and O–H groups in total. The molecule has 5 nitrogen and oxygen atoms in total. The van der Waals surface area contributed by atoms with Crippen LogP contribution in [0.4, 0.5) is 23.4 Å². The summed E-state index contributed by atoms with van der Waals surface area (Å²) < 4.78 is 52.2. The van der Waals surface area contributed by atoms with Crippen molar-refractivity contribution in [2.24, 2.45) is 0 Å². The van der Waals surface area contributed by atoms with Gasteiger partial charge in [0.2, 0.25) is 0 Å². The van der Waals surface area contributed by atoms with E-state index in [1.807, 2.05) is 0 Å². The van der Waals surface area contributed by atoms with Crippen molar-refractivity contribution >= 4 is 24.2 Å². The minimum Gasteiger partial charge on any atom is -0.365 e. The van der Waals surface area contributed by atoms with E-state index in [1.54, 1.807) is 54.9 Å². The molecule has 9 heteroatoms. The van der Waals surface area contributed by atoms with Crippen LogP contribution in [0.25, 0.3) is 23.4 Å². The quantitative estimate of drug-likeness (QED) is 0.236. The zero-order valence-corrected chi connectivity index (χ0v) is 18.2. The molecule has 0 aliphatic carbocycles. The number of pyridine rings is 3. The molecule has 0 aliphatic heterocycles. The van der Waals surface area contributed by atoms with Gasteiger partial charge in [-0.05, 0) is 53.1 Å². The SMILES string of the molecule is N=Cc1c(/C=C/c2cccc(F)c2)ccnc1NCc1ccc(-c2ccnc(C(F)(F)F)c2)nc1. The molecule has 0 bridgehead atoms. The number of aromatic nitrogens is 3. The molecule has 0 saturated carbocycles. The van der Waals surface area contributed by atoms with Crippen LogP contribution in [-0.4, -0.2) is 21.2 Å². The van der Waals surface area contributed by atoms with Gasteiger partial charge in [0.05, 0.1) is 5.69 Å². The number of nitrogens with one attached hydrogen (secondary N) is 2. The molecule has 0 radical (unpaired) electrons. The summed E-state index contributed by atoms with van der Waals surface area (Å²) in [6.45, 7) is 0.336. The van der Waals surface area contributed by atoms with E-state index in [0.29, 0.717) is 34.7 Å². The van der Waals surface area contributed by atoms with Crippen molar-refractivity contribution in [3.8, 4) is 11.3 Å². The second kappa shape index (κ2) is 10.3. The average Bonchev–Trinajstić information content (AvgIpc) is 2.86. The Hall–Kier alpha value is -4.40. The Morgan fingerprint density at radius 1 is 0.914 bits per heavy atom. The number of alkyl halides is 3. The minimum absolute atomic E-state index is 0.317. The first-order valence-electron chi connectivity index (χ1n) is 10.5. The fourth-order valence-corrected chi connectivity index (χ4v) is 3.35. The molecule has 3 aromatic heterocycles. The Bertz CT molecular complexity index is 1370. The maximum Gasteiger partial charge on any atom is 0.433 e. The summed E-state index contributed by atoms with van der Waals surface area (Å²) in [6.07, 6.45) is 4.46. The maximum atomic E-state index is 13.4. The van der Waals surface area contributed by atoms with Crippen molar-refractivity contribution < 1.29 is 17.6 Å². The van der Waals surface area contributed by atoms with Crippen LogP contribution in [0.3, 0.4) is 0 Å². The van der Waals surface area contributed by atoms with Gasteiger partial charge in [-0.25, -0.2) is 9.37 Å². The third-order valence-electron chi connectivity index (χ3n) is 5.10. The van der Waals surface area contributed by atoms with Gasteiger partial charge in [-0.15, -0.1) is 0 Å². The Morgan fingerprint density at radius 2 is 1.74 bits per heavy atom. The number of hydrogen-bond acceptors (Lipinski definition) is 5. The molecule has 4 aromatic rings. The molecule has 0 unspecified atom stereocenters. The molecule has 3 heterocycles. The molecular formula is C26H19F4N5. The molecule has 0 spiro atoms. The smallest absolute Gasteiger partial charge is 0.365 e. The lowest BCUT2D eigenvalue weighted by Crippen LogP contribution is -2.07. The normalized spacial score (nSPS) is 11.5. The number of halogens is 4. The van der Waals surface area contributed by atoms with Crippen LogP contribution >= 0.6 is 0 Å². The Labute approximate surface area is 198 Å². The van der Waals surface area contributed by atoms with Crippen LogP contribution in [0.15, 0.2) is 73.2 Å². The Morgan fingerprint density at radius 3 is 2.46 bits per heavy atom. The number of hydrogen-bond donors (Lipinski definition) is 2. The van der Waals surface area contributed by atoms with Crippen LogP contribution in [0.2, 0.25) is 0 Å². The number of rotatable bonds is 7. The predicted molar refractivity (Wildman–Crippen MR) is 127 cm³/mol. The first kappa shape index (κ1) is 23.7. The lowest BCUT2D eigenvalue weighted by Gasteiger charge is -2.11. The second-order valence-corrected chi connectivity index (χ2v) is 7.53. The monoisotopic (exact) mass is 477 g/mol. The molecule has 0 fully saturated rings. The third-order valence-corrected chi connectivity index (χ3v) is 5.10. The predicted octanol–water partition coefficient (Wildman–Crippen LogP) is 6.48. The Balaban J connectivity index is 1.48. The molecule has 0 atom stereocenters. The fourth-order valence-electron chi connectivity index (χ4n) is 3.35. The summed E-state index contributed by atoms with van der Waals surface area (Å²) in [7, 11) is 0. The molecule has 0 amide bonds. The highest BCUT2D eigenvalue weighted by atomic mass is 19.4. The van der Waals surface area contributed by atoms with E-state index in [9.17, 15) is 17.6 Å². The zero-order chi connectivity index (χ0) is 24.8. The van der Waals surface area contributed by atoms with E-state index in [2.05, 4.69) is 20.3 Å². The van der Waals surface area contributed by atoms with E-state index in [1.165, 1.54) is 24.4 Å². The zero-order valence-electron chi connectivity index (χ0n) is 18.2. The average molecular weight is 477 g/mol. The highest BCUT2D eigenvalue weighted by Crippen LogP contribution is 2.30. The topological polar surface area (TPSA) is 74.6 Å². The number of anilines is 1. The molecule has 0 aliphatic rings. The highest BCUT2D eigenvalue weighted by molar-refractivity contribution is 5.91. The molecule has 176 valence electrons. The van der Waals surface area contributed by atoms with Crippen LogP contribution in [-0.2, 0) is 12.7 Å². The van der Waals surface area contributed by atoms with Gasteiger partial charge in [0.1, 0.15) is 17.3 Å².